The van der Waals surface area contributed by atoms with Gasteiger partial charge < -0.3 is 19.3 Å². The first-order valence-electron chi connectivity index (χ1n) is 10.5. The highest BCUT2D eigenvalue weighted by atomic mass is 32.2. The summed E-state index contributed by atoms with van der Waals surface area (Å²) in [7, 11) is -2.49. The van der Waals surface area contributed by atoms with Crippen LogP contribution in [0.1, 0.15) is 12.5 Å². The lowest BCUT2D eigenvalue weighted by Crippen LogP contribution is -2.52. The van der Waals surface area contributed by atoms with Gasteiger partial charge in [-0.15, -0.1) is 0 Å². The Kier molecular flexibility index (Phi) is 7.93. The van der Waals surface area contributed by atoms with Crippen molar-refractivity contribution in [2.45, 2.75) is 24.6 Å². The lowest BCUT2D eigenvalue weighted by Gasteiger charge is -2.37. The Hall–Kier alpha value is -2.99. The second-order valence-electron chi connectivity index (χ2n) is 7.54. The molecule has 1 saturated heterocycles. The molecule has 0 aliphatic carbocycles. The van der Waals surface area contributed by atoms with Crippen molar-refractivity contribution >= 4 is 27.3 Å². The minimum Gasteiger partial charge on any atom is -0.492 e. The summed E-state index contributed by atoms with van der Waals surface area (Å²) in [5.74, 6) is -1.48. The number of anilines is 2. The van der Waals surface area contributed by atoms with Crippen molar-refractivity contribution < 1.29 is 35.9 Å². The van der Waals surface area contributed by atoms with Crippen molar-refractivity contribution in [1.29, 1.82) is 0 Å². The van der Waals surface area contributed by atoms with E-state index in [0.717, 1.165) is 4.90 Å². The van der Waals surface area contributed by atoms with Gasteiger partial charge in [0.2, 0.25) is 0 Å². The molecule has 1 aliphatic rings. The van der Waals surface area contributed by atoms with Crippen LogP contribution < -0.4 is 14.4 Å². The van der Waals surface area contributed by atoms with E-state index in [1.807, 2.05) is 0 Å². The first kappa shape index (κ1) is 25.6. The predicted molar refractivity (Wildman–Crippen MR) is 120 cm³/mol. The number of rotatable bonds is 8. The van der Waals surface area contributed by atoms with Crippen molar-refractivity contribution in [1.82, 2.24) is 4.90 Å². The van der Waals surface area contributed by atoms with Crippen molar-refractivity contribution in [3.8, 4) is 5.75 Å². The van der Waals surface area contributed by atoms with Crippen LogP contribution >= 0.6 is 0 Å². The molecule has 1 fully saturated rings. The fraction of sp³-hybridized carbons (Fsp3) is 0.409. The van der Waals surface area contributed by atoms with Crippen LogP contribution in [0.15, 0.2) is 47.4 Å². The normalized spacial score (nSPS) is 14.7. The third kappa shape index (κ3) is 5.92. The highest BCUT2D eigenvalue weighted by molar-refractivity contribution is 7.92. The molecule has 3 rings (SSSR count). The van der Waals surface area contributed by atoms with Gasteiger partial charge in [0.15, 0.2) is 0 Å². The maximum atomic E-state index is 13.1. The standard InChI is InChI=1S/C22H26F3N3O5S/c1-3-33-20-9-8-17(34(30,31)26-18-7-5-4-6-16(18)15-32-2)14-19(20)27-10-12-28(13-11-27)21(29)22(23,24)25/h4-9,14,26H,3,10-13,15H2,1-2H3. The Morgan fingerprint density at radius 2 is 1.76 bits per heavy atom. The molecule has 12 heteroatoms. The van der Waals surface area contributed by atoms with Crippen LogP contribution in [-0.4, -0.2) is 65.3 Å². The molecule has 2 aromatic rings. The molecular formula is C22H26F3N3O5S. The summed E-state index contributed by atoms with van der Waals surface area (Å²) in [6.07, 6.45) is -4.93. The number of alkyl halides is 3. The number of piperazine rings is 1. The fourth-order valence-electron chi connectivity index (χ4n) is 3.62. The van der Waals surface area contributed by atoms with Gasteiger partial charge >= 0.3 is 12.1 Å². The molecule has 1 heterocycles. The van der Waals surface area contributed by atoms with Gasteiger partial charge in [0.25, 0.3) is 10.0 Å². The second kappa shape index (κ2) is 10.5. The van der Waals surface area contributed by atoms with Crippen LogP contribution in [0.25, 0.3) is 0 Å². The number of ether oxygens (including phenoxy) is 2. The molecule has 0 spiro atoms. The molecule has 1 N–H and O–H groups in total. The summed E-state index contributed by atoms with van der Waals surface area (Å²) < 4.78 is 77.8. The number of carbonyl (C=O) groups is 1. The Labute approximate surface area is 196 Å². The van der Waals surface area contributed by atoms with E-state index in [-0.39, 0.29) is 37.7 Å². The minimum atomic E-state index is -4.93. The van der Waals surface area contributed by atoms with E-state index in [1.54, 1.807) is 36.1 Å². The number of halogens is 3. The van der Waals surface area contributed by atoms with Crippen LogP contribution in [0.5, 0.6) is 5.75 Å². The van der Waals surface area contributed by atoms with Crippen LogP contribution in [0.2, 0.25) is 0 Å². The average molecular weight is 502 g/mol. The quantitative estimate of drug-likeness (QED) is 0.598. The highest BCUT2D eigenvalue weighted by Gasteiger charge is 2.43. The van der Waals surface area contributed by atoms with Gasteiger partial charge in [-0.1, -0.05) is 18.2 Å². The molecular weight excluding hydrogens is 475 g/mol. The Bertz CT molecular complexity index is 1120. The average Bonchev–Trinajstić information content (AvgIpc) is 2.80. The van der Waals surface area contributed by atoms with Gasteiger partial charge in [0.1, 0.15) is 5.75 Å². The first-order valence-corrected chi connectivity index (χ1v) is 12.0. The summed E-state index contributed by atoms with van der Waals surface area (Å²) in [5, 5.41) is 0. The summed E-state index contributed by atoms with van der Waals surface area (Å²) in [6, 6.07) is 11.2. The summed E-state index contributed by atoms with van der Waals surface area (Å²) >= 11 is 0. The molecule has 8 nitrogen and oxygen atoms in total. The van der Waals surface area contributed by atoms with Gasteiger partial charge in [-0.25, -0.2) is 8.42 Å². The number of nitrogens with zero attached hydrogens (tertiary/aromatic N) is 2. The van der Waals surface area contributed by atoms with Crippen LogP contribution in [0.3, 0.4) is 0 Å². The number of methoxy groups -OCH3 is 1. The number of sulfonamides is 1. The monoisotopic (exact) mass is 501 g/mol. The van der Waals surface area contributed by atoms with Crippen LogP contribution in [-0.2, 0) is 26.2 Å². The lowest BCUT2D eigenvalue weighted by molar-refractivity contribution is -0.185. The number of benzene rings is 2. The number of hydrogen-bond acceptors (Lipinski definition) is 6. The molecule has 0 radical (unpaired) electrons. The first-order chi connectivity index (χ1) is 16.1. The molecule has 186 valence electrons. The molecule has 34 heavy (non-hydrogen) atoms. The maximum Gasteiger partial charge on any atom is 0.471 e. The molecule has 0 saturated carbocycles. The van der Waals surface area contributed by atoms with Crippen molar-refractivity contribution in [3.05, 3.63) is 48.0 Å². The van der Waals surface area contributed by atoms with Gasteiger partial charge in [0.05, 0.1) is 29.5 Å². The Balaban J connectivity index is 1.86. The van der Waals surface area contributed by atoms with E-state index in [1.165, 1.54) is 25.3 Å². The SMILES string of the molecule is CCOc1ccc(S(=O)(=O)Nc2ccccc2COC)cc1N1CCN(C(=O)C(F)(F)F)CC1. The molecule has 1 amide bonds. The zero-order chi connectivity index (χ0) is 24.9. The van der Waals surface area contributed by atoms with E-state index in [0.29, 0.717) is 29.3 Å². The summed E-state index contributed by atoms with van der Waals surface area (Å²) in [6.45, 7) is 2.18. The van der Waals surface area contributed by atoms with Gasteiger partial charge in [-0.2, -0.15) is 13.2 Å². The number of amides is 1. The smallest absolute Gasteiger partial charge is 0.471 e. The largest absolute Gasteiger partial charge is 0.492 e. The summed E-state index contributed by atoms with van der Waals surface area (Å²) in [5.41, 5.74) is 1.46. The van der Waals surface area contributed by atoms with Crippen molar-refractivity contribution in [2.75, 3.05) is 49.5 Å². The van der Waals surface area contributed by atoms with Crippen LogP contribution in [0, 0.1) is 0 Å². The third-order valence-electron chi connectivity index (χ3n) is 5.25. The van der Waals surface area contributed by atoms with E-state index >= 15 is 0 Å². The maximum absolute atomic E-state index is 13.1. The number of nitrogens with one attached hydrogen (secondary N) is 1. The molecule has 0 unspecified atom stereocenters. The zero-order valence-electron chi connectivity index (χ0n) is 18.8. The van der Waals surface area contributed by atoms with E-state index < -0.39 is 22.1 Å². The van der Waals surface area contributed by atoms with Crippen molar-refractivity contribution in [3.63, 3.8) is 0 Å². The predicted octanol–water partition coefficient (Wildman–Crippen LogP) is 3.24. The summed E-state index contributed by atoms with van der Waals surface area (Å²) in [4.78, 5) is 13.9. The van der Waals surface area contributed by atoms with E-state index in [4.69, 9.17) is 9.47 Å². The third-order valence-corrected chi connectivity index (χ3v) is 6.62. The molecule has 0 atom stereocenters. The highest BCUT2D eigenvalue weighted by Crippen LogP contribution is 2.33. The number of carbonyl (C=O) groups excluding carboxylic acids is 1. The molecule has 1 aliphatic heterocycles. The van der Waals surface area contributed by atoms with E-state index in [2.05, 4.69) is 4.72 Å². The Morgan fingerprint density at radius 1 is 1.09 bits per heavy atom. The fourth-order valence-corrected chi connectivity index (χ4v) is 4.74. The molecule has 2 aromatic carbocycles. The van der Waals surface area contributed by atoms with Crippen molar-refractivity contribution in [2.24, 2.45) is 0 Å². The zero-order valence-corrected chi connectivity index (χ0v) is 19.6. The topological polar surface area (TPSA) is 88.2 Å². The lowest BCUT2D eigenvalue weighted by atomic mass is 10.2. The number of para-hydroxylation sites is 1. The molecule has 0 aromatic heterocycles. The molecule has 0 bridgehead atoms. The number of hydrogen-bond donors (Lipinski definition) is 1. The van der Waals surface area contributed by atoms with Gasteiger partial charge in [-0.3, -0.25) is 9.52 Å². The second-order valence-corrected chi connectivity index (χ2v) is 9.22. The van der Waals surface area contributed by atoms with Crippen LogP contribution in [0.4, 0.5) is 24.5 Å². The Morgan fingerprint density at radius 3 is 2.38 bits per heavy atom. The van der Waals surface area contributed by atoms with Gasteiger partial charge in [0, 0.05) is 38.9 Å². The van der Waals surface area contributed by atoms with E-state index in [9.17, 15) is 26.4 Å². The minimum absolute atomic E-state index is 0.0352. The van der Waals surface area contributed by atoms with Gasteiger partial charge in [-0.05, 0) is 31.2 Å².